The van der Waals surface area contributed by atoms with Gasteiger partial charge in [0.05, 0.1) is 6.04 Å². The molecule has 0 saturated heterocycles. The Labute approximate surface area is 157 Å². The fourth-order valence-corrected chi connectivity index (χ4v) is 2.34. The fraction of sp³-hybridized carbons (Fsp3) is 0.300. The molecule has 2 rings (SSSR count). The Bertz CT molecular complexity index is 853. The summed E-state index contributed by atoms with van der Waals surface area (Å²) >= 11 is 0. The maximum atomic E-state index is 13.3. The fourth-order valence-electron chi connectivity index (χ4n) is 2.34. The predicted octanol–water partition coefficient (Wildman–Crippen LogP) is 4.75. The van der Waals surface area contributed by atoms with Crippen LogP contribution in [0.1, 0.15) is 37.9 Å². The third-order valence-electron chi connectivity index (χ3n) is 4.07. The van der Waals surface area contributed by atoms with Gasteiger partial charge in [-0.25, -0.2) is 13.6 Å². The van der Waals surface area contributed by atoms with E-state index >= 15 is 0 Å². The molecule has 0 aliphatic rings. The molecular formula is C20H23F2N3O2. The van der Waals surface area contributed by atoms with E-state index in [9.17, 15) is 18.4 Å². The maximum absolute atomic E-state index is 13.3. The minimum atomic E-state index is -0.967. The number of benzene rings is 2. The molecule has 0 bridgehead atoms. The summed E-state index contributed by atoms with van der Waals surface area (Å²) in [5.41, 5.74) is 2.36. The highest BCUT2D eigenvalue weighted by atomic mass is 19.2. The third-order valence-corrected chi connectivity index (χ3v) is 4.07. The smallest absolute Gasteiger partial charge is 0.319 e. The number of amides is 3. The van der Waals surface area contributed by atoms with Crippen molar-refractivity contribution in [3.63, 3.8) is 0 Å². The molecule has 0 aliphatic carbocycles. The number of hydrogen-bond donors (Lipinski definition) is 3. The van der Waals surface area contributed by atoms with E-state index in [1.807, 2.05) is 6.92 Å². The summed E-state index contributed by atoms with van der Waals surface area (Å²) in [5, 5.41) is 8.15. The van der Waals surface area contributed by atoms with E-state index < -0.39 is 23.7 Å². The number of aryl methyl sites for hydroxylation is 1. The van der Waals surface area contributed by atoms with Gasteiger partial charge in [-0.15, -0.1) is 0 Å². The first kappa shape index (κ1) is 20.4. The Morgan fingerprint density at radius 3 is 2.26 bits per heavy atom. The van der Waals surface area contributed by atoms with Gasteiger partial charge in [0, 0.05) is 17.3 Å². The molecule has 0 fully saturated rings. The van der Waals surface area contributed by atoms with Gasteiger partial charge in [-0.2, -0.15) is 0 Å². The topological polar surface area (TPSA) is 70.2 Å². The second-order valence-corrected chi connectivity index (χ2v) is 6.67. The van der Waals surface area contributed by atoms with E-state index in [-0.39, 0.29) is 11.8 Å². The third kappa shape index (κ3) is 5.51. The Morgan fingerprint density at radius 1 is 0.926 bits per heavy atom. The summed E-state index contributed by atoms with van der Waals surface area (Å²) in [4.78, 5) is 24.1. The molecule has 0 aliphatic heterocycles. The summed E-state index contributed by atoms with van der Waals surface area (Å²) in [5.74, 6) is -2.19. The zero-order chi connectivity index (χ0) is 20.1. The van der Waals surface area contributed by atoms with E-state index in [4.69, 9.17) is 0 Å². The van der Waals surface area contributed by atoms with Gasteiger partial charge < -0.3 is 16.0 Å². The normalized spacial score (nSPS) is 11.8. The van der Waals surface area contributed by atoms with Crippen molar-refractivity contribution in [1.82, 2.24) is 5.32 Å². The summed E-state index contributed by atoms with van der Waals surface area (Å²) < 4.78 is 26.4. The quantitative estimate of drug-likeness (QED) is 0.706. The molecule has 0 spiro atoms. The molecule has 0 aromatic heterocycles. The SMILES string of the molecule is Cc1ccc(NC(=O)C(C)C)cc1NC(=O)N[C@@H](C)c1ccc(F)c(F)c1. The molecule has 0 unspecified atom stereocenters. The van der Waals surface area contributed by atoms with Gasteiger partial charge in [-0.1, -0.05) is 26.0 Å². The molecule has 7 heteroatoms. The van der Waals surface area contributed by atoms with Crippen LogP contribution in [-0.2, 0) is 4.79 Å². The van der Waals surface area contributed by atoms with Crippen LogP contribution in [0.4, 0.5) is 25.0 Å². The average Bonchev–Trinajstić information content (AvgIpc) is 2.59. The van der Waals surface area contributed by atoms with Crippen LogP contribution in [0.2, 0.25) is 0 Å². The van der Waals surface area contributed by atoms with Crippen molar-refractivity contribution in [2.24, 2.45) is 5.92 Å². The monoisotopic (exact) mass is 375 g/mol. The highest BCUT2D eigenvalue weighted by molar-refractivity contribution is 5.94. The molecule has 144 valence electrons. The van der Waals surface area contributed by atoms with E-state index in [2.05, 4.69) is 16.0 Å². The van der Waals surface area contributed by atoms with Crippen molar-refractivity contribution in [3.05, 3.63) is 59.2 Å². The Morgan fingerprint density at radius 2 is 1.63 bits per heavy atom. The van der Waals surface area contributed by atoms with E-state index in [0.29, 0.717) is 16.9 Å². The van der Waals surface area contributed by atoms with Gasteiger partial charge >= 0.3 is 6.03 Å². The van der Waals surface area contributed by atoms with Gasteiger partial charge in [0.2, 0.25) is 5.91 Å². The van der Waals surface area contributed by atoms with Gasteiger partial charge in [0.15, 0.2) is 11.6 Å². The molecule has 27 heavy (non-hydrogen) atoms. The van der Waals surface area contributed by atoms with E-state index in [1.165, 1.54) is 6.07 Å². The first-order valence-electron chi connectivity index (χ1n) is 8.61. The van der Waals surface area contributed by atoms with Crippen LogP contribution in [0.3, 0.4) is 0 Å². The minimum Gasteiger partial charge on any atom is -0.331 e. The lowest BCUT2D eigenvalue weighted by Crippen LogP contribution is -2.31. The molecule has 5 nitrogen and oxygen atoms in total. The molecule has 3 N–H and O–H groups in total. The predicted molar refractivity (Wildman–Crippen MR) is 102 cm³/mol. The number of hydrogen-bond acceptors (Lipinski definition) is 2. The zero-order valence-corrected chi connectivity index (χ0v) is 15.7. The van der Waals surface area contributed by atoms with Crippen molar-refractivity contribution in [2.75, 3.05) is 10.6 Å². The molecule has 0 saturated carbocycles. The lowest BCUT2D eigenvalue weighted by atomic mass is 10.1. The Kier molecular flexibility index (Phi) is 6.50. The van der Waals surface area contributed by atoms with E-state index in [1.54, 1.807) is 39.0 Å². The molecule has 0 radical (unpaired) electrons. The second kappa shape index (κ2) is 8.62. The summed E-state index contributed by atoms with van der Waals surface area (Å²) in [6.45, 7) is 7.06. The molecule has 0 heterocycles. The van der Waals surface area contributed by atoms with Crippen LogP contribution in [0.15, 0.2) is 36.4 Å². The number of halogens is 2. The lowest BCUT2D eigenvalue weighted by molar-refractivity contribution is -0.118. The number of urea groups is 1. The molecule has 3 amide bonds. The first-order chi connectivity index (χ1) is 12.7. The van der Waals surface area contributed by atoms with Crippen LogP contribution in [0, 0.1) is 24.5 Å². The number of anilines is 2. The summed E-state index contributed by atoms with van der Waals surface area (Å²) in [6.07, 6.45) is 0. The number of nitrogens with one attached hydrogen (secondary N) is 3. The van der Waals surface area contributed by atoms with Gasteiger partial charge in [-0.05, 0) is 49.2 Å². The minimum absolute atomic E-state index is 0.124. The van der Waals surface area contributed by atoms with Crippen molar-refractivity contribution in [2.45, 2.75) is 33.7 Å². The highest BCUT2D eigenvalue weighted by Gasteiger charge is 2.14. The van der Waals surface area contributed by atoms with Crippen LogP contribution < -0.4 is 16.0 Å². The van der Waals surface area contributed by atoms with Crippen LogP contribution >= 0.6 is 0 Å². The zero-order valence-electron chi connectivity index (χ0n) is 15.7. The molecule has 1 atom stereocenters. The van der Waals surface area contributed by atoms with Crippen LogP contribution in [-0.4, -0.2) is 11.9 Å². The largest absolute Gasteiger partial charge is 0.331 e. The van der Waals surface area contributed by atoms with Crippen LogP contribution in [0.5, 0.6) is 0 Å². The standard InChI is InChI=1S/C20H23F2N3O2/c1-11(2)19(26)24-15-7-5-12(3)18(10-15)25-20(27)23-13(4)14-6-8-16(21)17(22)9-14/h5-11,13H,1-4H3,(H,24,26)(H2,23,25,27)/t13-/m0/s1. The molecule has 2 aromatic carbocycles. The average molecular weight is 375 g/mol. The van der Waals surface area contributed by atoms with E-state index in [0.717, 1.165) is 17.7 Å². The number of rotatable bonds is 5. The second-order valence-electron chi connectivity index (χ2n) is 6.67. The van der Waals surface area contributed by atoms with Crippen molar-refractivity contribution < 1.29 is 18.4 Å². The molecule has 2 aromatic rings. The van der Waals surface area contributed by atoms with Gasteiger partial charge in [0.25, 0.3) is 0 Å². The number of carbonyl (C=O) groups is 2. The number of carbonyl (C=O) groups excluding carboxylic acids is 2. The first-order valence-corrected chi connectivity index (χ1v) is 8.61. The van der Waals surface area contributed by atoms with Gasteiger partial charge in [0.1, 0.15) is 0 Å². The van der Waals surface area contributed by atoms with Crippen molar-refractivity contribution in [1.29, 1.82) is 0 Å². The summed E-state index contributed by atoms with van der Waals surface area (Å²) in [7, 11) is 0. The highest BCUT2D eigenvalue weighted by Crippen LogP contribution is 2.21. The van der Waals surface area contributed by atoms with Crippen molar-refractivity contribution >= 4 is 23.3 Å². The molecular weight excluding hydrogens is 352 g/mol. The lowest BCUT2D eigenvalue weighted by Gasteiger charge is -2.17. The Balaban J connectivity index is 2.06. The summed E-state index contributed by atoms with van der Waals surface area (Å²) in [6, 6.07) is 7.66. The van der Waals surface area contributed by atoms with Crippen molar-refractivity contribution in [3.8, 4) is 0 Å². The van der Waals surface area contributed by atoms with Crippen LogP contribution in [0.25, 0.3) is 0 Å². The Hall–Kier alpha value is -2.96. The van der Waals surface area contributed by atoms with Gasteiger partial charge in [-0.3, -0.25) is 4.79 Å². The maximum Gasteiger partial charge on any atom is 0.319 e.